The highest BCUT2D eigenvalue weighted by Gasteiger charge is 2.24. The molecule has 0 saturated heterocycles. The summed E-state index contributed by atoms with van der Waals surface area (Å²) in [6.07, 6.45) is 6.84. The van der Waals surface area contributed by atoms with E-state index in [4.69, 9.17) is 4.74 Å². The predicted molar refractivity (Wildman–Crippen MR) is 192 cm³/mol. The molecule has 5 rings (SSSR count). The van der Waals surface area contributed by atoms with E-state index in [2.05, 4.69) is 79.2 Å². The monoisotopic (exact) mass is 631 g/mol. The maximum atomic E-state index is 14.1. The van der Waals surface area contributed by atoms with Crippen LogP contribution in [0.3, 0.4) is 0 Å². The van der Waals surface area contributed by atoms with E-state index in [1.54, 1.807) is 17.2 Å². The third-order valence-electron chi connectivity index (χ3n) is 8.28. The number of aromatic nitrogens is 3. The number of anilines is 2. The Labute approximate surface area is 277 Å². The summed E-state index contributed by atoms with van der Waals surface area (Å²) in [7, 11) is 0. The first kappa shape index (κ1) is 33.4. The summed E-state index contributed by atoms with van der Waals surface area (Å²) < 4.78 is 6.14. The average Bonchev–Trinajstić information content (AvgIpc) is 3.07. The highest BCUT2D eigenvalue weighted by Crippen LogP contribution is 2.38. The molecule has 0 bridgehead atoms. The lowest BCUT2D eigenvalue weighted by Crippen LogP contribution is -2.39. The molecule has 2 N–H and O–H groups in total. The predicted octanol–water partition coefficient (Wildman–Crippen LogP) is 9.08. The van der Waals surface area contributed by atoms with Gasteiger partial charge in [0, 0.05) is 35.7 Å². The molecule has 5 aromatic rings. The molecule has 2 aromatic carbocycles. The van der Waals surface area contributed by atoms with Crippen molar-refractivity contribution in [3.05, 3.63) is 112 Å². The first-order valence-electron chi connectivity index (χ1n) is 16.6. The summed E-state index contributed by atoms with van der Waals surface area (Å²) in [5, 5.41) is 4.02. The second-order valence-corrected chi connectivity index (χ2v) is 12.5. The number of amides is 2. The number of hydrogen-bond donors (Lipinski definition) is 2. The lowest BCUT2D eigenvalue weighted by molar-refractivity contribution is 0.256. The molecule has 0 unspecified atom stereocenters. The van der Waals surface area contributed by atoms with Gasteiger partial charge in [0.05, 0.1) is 6.61 Å². The summed E-state index contributed by atoms with van der Waals surface area (Å²) >= 11 is 0. The van der Waals surface area contributed by atoms with Crippen LogP contribution in [0.25, 0.3) is 22.2 Å². The third kappa shape index (κ3) is 8.25. The van der Waals surface area contributed by atoms with E-state index in [1.165, 1.54) is 0 Å². The van der Waals surface area contributed by atoms with Crippen LogP contribution in [0.2, 0.25) is 0 Å². The van der Waals surface area contributed by atoms with Gasteiger partial charge in [-0.1, -0.05) is 59.2 Å². The minimum atomic E-state index is -0.343. The summed E-state index contributed by atoms with van der Waals surface area (Å²) in [6, 6.07) is 23.6. The zero-order valence-corrected chi connectivity index (χ0v) is 28.0. The Hall–Kier alpha value is -4.98. The molecular formula is C39H45N5O3. The van der Waals surface area contributed by atoms with Crippen molar-refractivity contribution in [3.8, 4) is 16.9 Å². The number of urea groups is 1. The van der Waals surface area contributed by atoms with Gasteiger partial charge >= 0.3 is 6.03 Å². The molecule has 3 aromatic heterocycles. The van der Waals surface area contributed by atoms with Gasteiger partial charge in [-0.3, -0.25) is 14.7 Å². The normalized spacial score (nSPS) is 11.3. The number of nitrogens with zero attached hydrogens (tertiary/aromatic N) is 3. The molecule has 0 aliphatic carbocycles. The fraction of sp³-hybridized carbons (Fsp3) is 0.333. The minimum Gasteiger partial charge on any atom is -0.494 e. The topological polar surface area (TPSA) is 100 Å². The first-order chi connectivity index (χ1) is 22.7. The van der Waals surface area contributed by atoms with Gasteiger partial charge in [0.25, 0.3) is 5.56 Å². The van der Waals surface area contributed by atoms with Crippen LogP contribution < -0.4 is 20.5 Å². The average molecular weight is 632 g/mol. The van der Waals surface area contributed by atoms with Gasteiger partial charge in [-0.05, 0) is 108 Å². The number of hydrogen-bond acceptors (Lipinski definition) is 5. The first-order valence-corrected chi connectivity index (χ1v) is 16.6. The Balaban J connectivity index is 1.43. The van der Waals surface area contributed by atoms with Gasteiger partial charge in [0.1, 0.15) is 17.1 Å². The van der Waals surface area contributed by atoms with Crippen LogP contribution in [0.1, 0.15) is 82.5 Å². The van der Waals surface area contributed by atoms with E-state index < -0.39 is 0 Å². The summed E-state index contributed by atoms with van der Waals surface area (Å²) in [5.41, 5.74) is 6.51. The molecule has 0 aliphatic heterocycles. The number of carbonyl (C=O) groups is 1. The standard InChI is InChI=1S/C39H45N5O3/c1-6-7-20-44(35-25-29-14-11-19-41-37(29)43-38(35)45)39(46)42-36-33(26(2)3)23-30(24-34(36)27(4)5)28-13-10-17-32(22-28)47-21-12-16-31-15-8-9-18-40-31/h8-11,13-15,17-19,22-27H,6-7,12,16,20-21H2,1-5H3,(H,42,46)(H,41,43,45). The lowest BCUT2D eigenvalue weighted by atomic mass is 9.88. The Bertz CT molecular complexity index is 1840. The molecule has 0 atom stereocenters. The van der Waals surface area contributed by atoms with Gasteiger partial charge in [-0.15, -0.1) is 0 Å². The number of nitrogens with one attached hydrogen (secondary N) is 2. The molecule has 0 spiro atoms. The summed E-state index contributed by atoms with van der Waals surface area (Å²) in [4.78, 5) is 40.4. The van der Waals surface area contributed by atoms with Crippen LogP contribution in [0.5, 0.6) is 5.75 Å². The van der Waals surface area contributed by atoms with Crippen LogP contribution in [0.4, 0.5) is 16.2 Å². The van der Waals surface area contributed by atoms with Crippen molar-refractivity contribution in [1.29, 1.82) is 0 Å². The molecule has 47 heavy (non-hydrogen) atoms. The van der Waals surface area contributed by atoms with Gasteiger partial charge < -0.3 is 15.0 Å². The van der Waals surface area contributed by atoms with E-state index >= 15 is 0 Å². The highest BCUT2D eigenvalue weighted by atomic mass is 16.5. The van der Waals surface area contributed by atoms with E-state index in [-0.39, 0.29) is 23.4 Å². The number of H-pyrrole nitrogens is 1. The van der Waals surface area contributed by atoms with Crippen LogP contribution in [-0.4, -0.2) is 34.1 Å². The minimum absolute atomic E-state index is 0.132. The van der Waals surface area contributed by atoms with E-state index in [0.29, 0.717) is 24.5 Å². The van der Waals surface area contributed by atoms with Crippen molar-refractivity contribution >= 4 is 28.4 Å². The fourth-order valence-electron chi connectivity index (χ4n) is 5.71. The largest absolute Gasteiger partial charge is 0.494 e. The van der Waals surface area contributed by atoms with Gasteiger partial charge in [-0.25, -0.2) is 9.78 Å². The molecule has 8 heteroatoms. The van der Waals surface area contributed by atoms with Crippen LogP contribution >= 0.6 is 0 Å². The number of benzene rings is 2. The second-order valence-electron chi connectivity index (χ2n) is 12.5. The van der Waals surface area contributed by atoms with Crippen molar-refractivity contribution in [2.75, 3.05) is 23.4 Å². The molecule has 0 saturated carbocycles. The maximum Gasteiger partial charge on any atom is 0.326 e. The Morgan fingerprint density at radius 3 is 2.34 bits per heavy atom. The zero-order chi connectivity index (χ0) is 33.3. The van der Waals surface area contributed by atoms with Gasteiger partial charge in [0.15, 0.2) is 0 Å². The molecule has 8 nitrogen and oxygen atoms in total. The number of aryl methyl sites for hydroxylation is 1. The smallest absolute Gasteiger partial charge is 0.326 e. The van der Waals surface area contributed by atoms with Crippen molar-refractivity contribution < 1.29 is 9.53 Å². The van der Waals surface area contributed by atoms with E-state index in [0.717, 1.165) is 70.5 Å². The SMILES string of the molecule is CCCCN(C(=O)Nc1c(C(C)C)cc(-c2cccc(OCCCc3ccccn3)c2)cc1C(C)C)c1cc2cccnc2[nH]c1=O. The number of aromatic amines is 1. The fourth-order valence-corrected chi connectivity index (χ4v) is 5.71. The Morgan fingerprint density at radius 1 is 0.872 bits per heavy atom. The molecule has 2 amide bonds. The Kier molecular flexibility index (Phi) is 11.0. The quantitative estimate of drug-likeness (QED) is 0.126. The number of ether oxygens (including phenoxy) is 1. The summed E-state index contributed by atoms with van der Waals surface area (Å²) in [6.45, 7) is 11.6. The van der Waals surface area contributed by atoms with Crippen LogP contribution in [0.15, 0.2) is 90.0 Å². The maximum absolute atomic E-state index is 14.1. The van der Waals surface area contributed by atoms with Crippen molar-refractivity contribution in [2.24, 2.45) is 0 Å². The number of carbonyl (C=O) groups excluding carboxylic acids is 1. The number of rotatable bonds is 13. The lowest BCUT2D eigenvalue weighted by Gasteiger charge is -2.27. The molecule has 3 heterocycles. The van der Waals surface area contributed by atoms with Crippen molar-refractivity contribution in [3.63, 3.8) is 0 Å². The Morgan fingerprint density at radius 2 is 1.64 bits per heavy atom. The number of unbranched alkanes of at least 4 members (excludes halogenated alkanes) is 1. The van der Waals surface area contributed by atoms with E-state index in [1.807, 2.05) is 48.7 Å². The van der Waals surface area contributed by atoms with Gasteiger partial charge in [-0.2, -0.15) is 0 Å². The third-order valence-corrected chi connectivity index (χ3v) is 8.28. The van der Waals surface area contributed by atoms with Gasteiger partial charge in [0.2, 0.25) is 0 Å². The zero-order valence-electron chi connectivity index (χ0n) is 28.0. The molecule has 0 radical (unpaired) electrons. The molecule has 0 fully saturated rings. The number of fused-ring (bicyclic) bond motifs is 1. The second kappa shape index (κ2) is 15.5. The molecule has 0 aliphatic rings. The summed E-state index contributed by atoms with van der Waals surface area (Å²) in [5.74, 6) is 1.08. The molecule has 244 valence electrons. The van der Waals surface area contributed by atoms with Crippen molar-refractivity contribution in [2.45, 2.75) is 72.1 Å². The van der Waals surface area contributed by atoms with Crippen molar-refractivity contribution in [1.82, 2.24) is 15.0 Å². The highest BCUT2D eigenvalue weighted by molar-refractivity contribution is 6.03. The molecular weight excluding hydrogens is 586 g/mol. The van der Waals surface area contributed by atoms with Crippen LogP contribution in [-0.2, 0) is 6.42 Å². The van der Waals surface area contributed by atoms with E-state index in [9.17, 15) is 9.59 Å². The van der Waals surface area contributed by atoms with Crippen LogP contribution in [0, 0.1) is 0 Å². The number of pyridine rings is 3.